The van der Waals surface area contributed by atoms with E-state index in [0.717, 1.165) is 24.8 Å². The highest BCUT2D eigenvalue weighted by atomic mass is 35.5. The molecule has 0 amide bonds. The van der Waals surface area contributed by atoms with Crippen molar-refractivity contribution in [3.8, 4) is 0 Å². The highest BCUT2D eigenvalue weighted by molar-refractivity contribution is 7.86. The number of halogens is 2. The van der Waals surface area contributed by atoms with Gasteiger partial charge in [-0.3, -0.25) is 0 Å². The van der Waals surface area contributed by atoms with E-state index in [1.54, 1.807) is 23.3 Å². The Balaban J connectivity index is 2.19. The van der Waals surface area contributed by atoms with E-state index in [4.69, 9.17) is 40.2 Å². The highest BCUT2D eigenvalue weighted by Gasteiger charge is 2.27. The lowest BCUT2D eigenvalue weighted by Crippen LogP contribution is -2.23. The molecule has 0 fully saturated rings. The van der Waals surface area contributed by atoms with Crippen LogP contribution in [-0.4, -0.2) is 19.9 Å². The summed E-state index contributed by atoms with van der Waals surface area (Å²) < 4.78 is 7.83. The maximum atomic E-state index is 6.62. The zero-order valence-corrected chi connectivity index (χ0v) is 16.5. The minimum atomic E-state index is -0.488. The Labute approximate surface area is 163 Å². The summed E-state index contributed by atoms with van der Waals surface area (Å²) >= 11 is 22.6. The van der Waals surface area contributed by atoms with Crippen molar-refractivity contribution in [1.82, 2.24) is 9.55 Å². The Hall–Kier alpha value is -0.750. The number of aromatic nitrogens is 2. The molecule has 0 saturated carbocycles. The lowest BCUT2D eigenvalue weighted by atomic mass is 10.1. The summed E-state index contributed by atoms with van der Waals surface area (Å²) in [6.45, 7) is 2.13. The molecule has 1 aromatic carbocycles. The van der Waals surface area contributed by atoms with Gasteiger partial charge in [0.2, 0.25) is 0 Å². The number of rotatable bonds is 8. The first kappa shape index (κ1) is 19.6. The smallest absolute Gasteiger partial charge is 0.173 e. The van der Waals surface area contributed by atoms with Crippen LogP contribution in [0.1, 0.15) is 43.4 Å². The molecule has 24 heavy (non-hydrogen) atoms. The molecule has 3 unspecified atom stereocenters. The van der Waals surface area contributed by atoms with Gasteiger partial charge in [-0.05, 0) is 36.3 Å². The second-order valence-corrected chi connectivity index (χ2v) is 7.36. The van der Waals surface area contributed by atoms with Crippen LogP contribution in [0.25, 0.3) is 0 Å². The van der Waals surface area contributed by atoms with Crippen LogP contribution in [-0.2, 0) is 4.74 Å². The molecular weight excluding hydrogens is 383 g/mol. The maximum Gasteiger partial charge on any atom is 0.173 e. The van der Waals surface area contributed by atoms with E-state index in [2.05, 4.69) is 24.5 Å². The normalized spacial score (nSPS) is 14.8. The molecule has 3 nitrogen and oxygen atoms in total. The van der Waals surface area contributed by atoms with E-state index in [9.17, 15) is 0 Å². The first-order valence-corrected chi connectivity index (χ1v) is 9.52. The van der Waals surface area contributed by atoms with E-state index in [0.29, 0.717) is 10.1 Å². The number of thiol groups is 1. The molecule has 0 bridgehead atoms. The molecule has 0 spiro atoms. The van der Waals surface area contributed by atoms with E-state index < -0.39 is 11.6 Å². The standard InChI is InChI=1S/C17H20Cl2N2OS2/c1-2-3-4-14(23)17(24)22-15(12-5-7-13(18)8-6-12)16(19)21-10-9-20-11-21/h5-11,14-16,23H,2-4H2,1H3. The van der Waals surface area contributed by atoms with E-state index in [-0.39, 0.29) is 5.25 Å². The SMILES string of the molecule is CCCCC(S)C(=S)OC(c1ccc(Cl)cc1)C(Cl)n1ccnc1. The number of unbranched alkanes of at least 4 members (excludes halogenated alkanes) is 1. The van der Waals surface area contributed by atoms with E-state index in [1.807, 2.05) is 24.3 Å². The van der Waals surface area contributed by atoms with Gasteiger partial charge in [0.25, 0.3) is 0 Å². The van der Waals surface area contributed by atoms with Crippen molar-refractivity contribution in [2.45, 2.75) is 43.0 Å². The van der Waals surface area contributed by atoms with Crippen LogP contribution < -0.4 is 0 Å². The van der Waals surface area contributed by atoms with Crippen molar-refractivity contribution in [3.63, 3.8) is 0 Å². The minimum Gasteiger partial charge on any atom is -0.474 e. The van der Waals surface area contributed by atoms with Crippen LogP contribution in [0.4, 0.5) is 0 Å². The van der Waals surface area contributed by atoms with Gasteiger partial charge < -0.3 is 9.30 Å². The van der Waals surface area contributed by atoms with Crippen molar-refractivity contribution in [2.75, 3.05) is 0 Å². The third kappa shape index (κ3) is 5.38. The largest absolute Gasteiger partial charge is 0.474 e. The fraction of sp³-hybridized carbons (Fsp3) is 0.412. The Bertz CT molecular complexity index is 635. The first-order valence-electron chi connectivity index (χ1n) is 7.78. The topological polar surface area (TPSA) is 27.1 Å². The number of thiocarbonyl (C=S) groups is 1. The Morgan fingerprint density at radius 2 is 2.08 bits per heavy atom. The number of hydrogen-bond donors (Lipinski definition) is 1. The van der Waals surface area contributed by atoms with Gasteiger partial charge in [-0.25, -0.2) is 4.98 Å². The van der Waals surface area contributed by atoms with Gasteiger partial charge in [0, 0.05) is 17.4 Å². The summed E-state index contributed by atoms with van der Waals surface area (Å²) in [6, 6.07) is 7.40. The van der Waals surface area contributed by atoms with Crippen LogP contribution in [0.15, 0.2) is 43.0 Å². The summed E-state index contributed by atoms with van der Waals surface area (Å²) in [5.74, 6) is 0. The average molecular weight is 403 g/mol. The number of alkyl halides is 1. The van der Waals surface area contributed by atoms with Gasteiger partial charge in [-0.1, -0.05) is 55.1 Å². The highest BCUT2D eigenvalue weighted by Crippen LogP contribution is 2.35. The third-order valence-corrected chi connectivity index (χ3v) is 5.36. The van der Waals surface area contributed by atoms with Gasteiger partial charge in [0.05, 0.1) is 11.6 Å². The zero-order valence-electron chi connectivity index (χ0n) is 13.3. The summed E-state index contributed by atoms with van der Waals surface area (Å²) in [5, 5.41) is 1.02. The number of ether oxygens (including phenoxy) is 1. The molecule has 0 radical (unpaired) electrons. The lowest BCUT2D eigenvalue weighted by molar-refractivity contribution is 0.163. The van der Waals surface area contributed by atoms with E-state index >= 15 is 0 Å². The molecule has 0 aliphatic carbocycles. The molecule has 7 heteroatoms. The monoisotopic (exact) mass is 402 g/mol. The summed E-state index contributed by atoms with van der Waals surface area (Å²) in [5.41, 5.74) is 0.407. The number of nitrogens with zero attached hydrogens (tertiary/aromatic N) is 2. The van der Waals surface area contributed by atoms with Gasteiger partial charge >= 0.3 is 0 Å². The molecular formula is C17H20Cl2N2OS2. The molecule has 3 atom stereocenters. The summed E-state index contributed by atoms with van der Waals surface area (Å²) in [4.78, 5) is 4.04. The Kier molecular flexibility index (Phi) is 7.88. The van der Waals surface area contributed by atoms with Gasteiger partial charge in [-0.2, -0.15) is 12.6 Å². The van der Waals surface area contributed by atoms with Crippen LogP contribution in [0.2, 0.25) is 5.02 Å². The summed E-state index contributed by atoms with van der Waals surface area (Å²) in [6.07, 6.45) is 7.69. The second-order valence-electron chi connectivity index (χ2n) is 5.45. The third-order valence-electron chi connectivity index (χ3n) is 3.60. The maximum absolute atomic E-state index is 6.62. The van der Waals surface area contributed by atoms with Crippen LogP contribution in [0.5, 0.6) is 0 Å². The van der Waals surface area contributed by atoms with Gasteiger partial charge in [0.1, 0.15) is 5.50 Å². The Morgan fingerprint density at radius 1 is 1.38 bits per heavy atom. The fourth-order valence-electron chi connectivity index (χ4n) is 2.23. The predicted molar refractivity (Wildman–Crippen MR) is 107 cm³/mol. The van der Waals surface area contributed by atoms with Crippen molar-refractivity contribution >= 4 is 53.1 Å². The molecule has 0 aliphatic rings. The van der Waals surface area contributed by atoms with Crippen molar-refractivity contribution in [3.05, 3.63) is 53.6 Å². The fourth-order valence-corrected chi connectivity index (χ4v) is 3.13. The van der Waals surface area contributed by atoms with Gasteiger partial charge in [0.15, 0.2) is 11.2 Å². The molecule has 0 aliphatic heterocycles. The van der Waals surface area contributed by atoms with E-state index in [1.165, 1.54) is 0 Å². The molecule has 130 valence electrons. The molecule has 2 rings (SSSR count). The molecule has 0 N–H and O–H groups in total. The second kappa shape index (κ2) is 9.66. The van der Waals surface area contributed by atoms with Crippen molar-refractivity contribution in [2.24, 2.45) is 0 Å². The van der Waals surface area contributed by atoms with Crippen LogP contribution in [0.3, 0.4) is 0 Å². The average Bonchev–Trinajstić information content (AvgIpc) is 3.12. The minimum absolute atomic E-state index is 0.0959. The molecule has 2 aromatic rings. The van der Waals surface area contributed by atoms with Crippen molar-refractivity contribution < 1.29 is 4.74 Å². The van der Waals surface area contributed by atoms with Crippen molar-refractivity contribution in [1.29, 1.82) is 0 Å². The molecule has 1 heterocycles. The Morgan fingerprint density at radius 3 is 2.67 bits per heavy atom. The number of imidazole rings is 1. The van der Waals surface area contributed by atoms with Gasteiger partial charge in [-0.15, -0.1) is 0 Å². The predicted octanol–water partition coefficient (Wildman–Crippen LogP) is 5.85. The lowest BCUT2D eigenvalue weighted by Gasteiger charge is -2.26. The van der Waals surface area contributed by atoms with Crippen LogP contribution >= 0.6 is 48.0 Å². The first-order chi connectivity index (χ1) is 11.5. The number of benzene rings is 1. The molecule has 1 aromatic heterocycles. The quantitative estimate of drug-likeness (QED) is 0.340. The number of hydrogen-bond acceptors (Lipinski definition) is 4. The molecule has 0 saturated heterocycles. The van der Waals surface area contributed by atoms with Crippen LogP contribution in [0, 0.1) is 0 Å². The summed E-state index contributed by atoms with van der Waals surface area (Å²) in [7, 11) is 0. The zero-order chi connectivity index (χ0) is 17.5.